The predicted molar refractivity (Wildman–Crippen MR) is 178 cm³/mol. The number of hydrogen-bond acceptors (Lipinski definition) is 0. The van der Waals surface area contributed by atoms with Crippen molar-refractivity contribution in [2.24, 2.45) is 0 Å². The summed E-state index contributed by atoms with van der Waals surface area (Å²) in [6, 6.07) is 65.7. The van der Waals surface area contributed by atoms with Gasteiger partial charge in [-0.15, -0.1) is 4.17 Å². The molecule has 0 heterocycles. The van der Waals surface area contributed by atoms with Crippen LogP contribution in [0.4, 0.5) is 0 Å². The number of quaternary nitrogens is 1. The summed E-state index contributed by atoms with van der Waals surface area (Å²) in [4.78, 5) is 0. The first-order valence-corrected chi connectivity index (χ1v) is 16.7. The number of rotatable bonds is 6. The van der Waals surface area contributed by atoms with Gasteiger partial charge < -0.3 is 31.0 Å². The van der Waals surface area contributed by atoms with Crippen LogP contribution in [0.15, 0.2) is 182 Å². The monoisotopic (exact) mass is 626 g/mol. The molecule has 0 saturated heterocycles. The van der Waals surface area contributed by atoms with Crippen LogP contribution in [0.2, 0.25) is 0 Å². The fraction of sp³-hybridized carbons (Fsp3) is 0. The molecule has 0 atom stereocenters. The number of hydrogen-bond donors (Lipinski definition) is 1. The summed E-state index contributed by atoms with van der Waals surface area (Å²) in [5.74, 6) is 0. The van der Waals surface area contributed by atoms with Crippen molar-refractivity contribution < 1.29 is 24.8 Å². The summed E-state index contributed by atoms with van der Waals surface area (Å²) in [7, 11) is -4.99. The Bertz CT molecular complexity index is 1440. The van der Waals surface area contributed by atoms with Gasteiger partial charge in [0.05, 0.1) is 31.8 Å². The molecule has 42 heavy (non-hydrogen) atoms. The van der Waals surface area contributed by atoms with Gasteiger partial charge >= 0.3 is 14.1 Å². The summed E-state index contributed by atoms with van der Waals surface area (Å²) >= 11 is 0. The fourth-order valence-corrected chi connectivity index (χ4v) is 14.8. The van der Waals surface area contributed by atoms with Gasteiger partial charge in [-0.2, -0.15) is 0 Å². The van der Waals surface area contributed by atoms with Gasteiger partial charge in [-0.05, 0) is 72.8 Å². The Kier molecular flexibility index (Phi) is 11.8. The molecule has 6 heteroatoms. The van der Waals surface area contributed by atoms with Crippen molar-refractivity contribution in [1.29, 1.82) is 0 Å². The maximum absolute atomic E-state index is 6.38. The second-order valence-corrected chi connectivity index (χ2v) is 15.7. The van der Waals surface area contributed by atoms with E-state index < -0.39 is 14.1 Å². The fourth-order valence-electron chi connectivity index (χ4n) is 5.27. The van der Waals surface area contributed by atoms with Crippen LogP contribution in [0.5, 0.6) is 0 Å². The van der Waals surface area contributed by atoms with E-state index in [-0.39, 0.29) is 31.0 Å². The Morgan fingerprint density at radius 2 is 0.405 bits per heavy atom. The molecule has 4 N–H and O–H groups in total. The molecule has 0 fully saturated rings. The smallest absolute Gasteiger partial charge is 0.301 e. The Hall–Kier alpha value is -3.57. The first-order chi connectivity index (χ1) is 19.3. The minimum atomic E-state index is -2.50. The molecule has 0 aromatic heterocycles. The highest BCUT2D eigenvalue weighted by Crippen LogP contribution is 2.50. The standard InChI is InChI=1S/C36H30NP2.2ClH.H3N/c1-7-19-31(20-8-1)38(32-21-9-2-10-22-32,33-23-11-3-12-24-33)37-39(34-25-13-4-14-26-34,35-27-15-5-16-28-35)36-29-17-6-18-30-36;;;/h1-30H;2*1H;1H3/q+1;;;/p-1. The van der Waals surface area contributed by atoms with Crippen molar-refractivity contribution in [1.82, 2.24) is 10.3 Å². The second kappa shape index (κ2) is 15.1. The topological polar surface area (TPSA) is 50.6 Å². The molecule has 0 aliphatic carbocycles. The van der Waals surface area contributed by atoms with Crippen LogP contribution in [-0.4, -0.2) is 0 Å². The molecule has 0 unspecified atom stereocenters. The Morgan fingerprint density at radius 3 is 0.548 bits per heavy atom. The summed E-state index contributed by atoms with van der Waals surface area (Å²) in [5, 5.41) is 7.55. The van der Waals surface area contributed by atoms with Gasteiger partial charge in [0.1, 0.15) is 0 Å². The van der Waals surface area contributed by atoms with Gasteiger partial charge in [-0.3, -0.25) is 0 Å². The van der Waals surface area contributed by atoms with Crippen LogP contribution in [0, 0.1) is 0 Å². The SMILES string of the molecule is [Cl-].[Cl-].[NH4+].c1ccc(P(=[N+]=P(c2ccccc2)(c2ccccc2)c2ccccc2)(c2ccccc2)c2ccccc2)cc1. The van der Waals surface area contributed by atoms with E-state index in [4.69, 9.17) is 4.17 Å². The summed E-state index contributed by atoms with van der Waals surface area (Å²) < 4.78 is 6.38. The Labute approximate surface area is 262 Å². The molecular weight excluding hydrogens is 593 g/mol. The van der Waals surface area contributed by atoms with Gasteiger partial charge in [-0.1, -0.05) is 109 Å². The van der Waals surface area contributed by atoms with Crippen molar-refractivity contribution in [3.05, 3.63) is 182 Å². The molecule has 2 nitrogen and oxygen atoms in total. The highest BCUT2D eigenvalue weighted by molar-refractivity contribution is 7.93. The number of halogens is 2. The number of nitrogens with zero attached hydrogens (tertiary/aromatic N) is 1. The van der Waals surface area contributed by atoms with Crippen LogP contribution in [0.25, 0.3) is 0 Å². The molecule has 6 aromatic rings. The summed E-state index contributed by atoms with van der Waals surface area (Å²) in [6.45, 7) is 0. The van der Waals surface area contributed by atoms with Crippen molar-refractivity contribution in [3.8, 4) is 0 Å². The minimum absolute atomic E-state index is 0. The average Bonchev–Trinajstić information content (AvgIpc) is 3.04. The van der Waals surface area contributed by atoms with Crippen molar-refractivity contribution in [2.75, 3.05) is 0 Å². The van der Waals surface area contributed by atoms with Gasteiger partial charge in [0.15, 0.2) is 0 Å². The zero-order valence-corrected chi connectivity index (χ0v) is 26.7. The van der Waals surface area contributed by atoms with Crippen LogP contribution in [0.3, 0.4) is 0 Å². The molecule has 212 valence electrons. The predicted octanol–water partition coefficient (Wildman–Crippen LogP) is 0.793. The van der Waals surface area contributed by atoms with Crippen LogP contribution in [-0.2, 0) is 0 Å². The molecule has 0 amide bonds. The second-order valence-electron chi connectivity index (χ2n) is 9.37. The largest absolute Gasteiger partial charge is 1.00 e. The quantitative estimate of drug-likeness (QED) is 0.210. The molecule has 0 aliphatic rings. The van der Waals surface area contributed by atoms with E-state index >= 15 is 0 Å². The lowest BCUT2D eigenvalue weighted by Crippen LogP contribution is -3.00. The molecule has 0 aliphatic heterocycles. The highest BCUT2D eigenvalue weighted by Gasteiger charge is 2.44. The molecule has 6 rings (SSSR count). The van der Waals surface area contributed by atoms with E-state index in [0.717, 1.165) is 0 Å². The van der Waals surface area contributed by atoms with E-state index in [1.165, 1.54) is 31.8 Å². The third-order valence-electron chi connectivity index (χ3n) is 7.05. The Morgan fingerprint density at radius 1 is 0.262 bits per heavy atom. The first kappa shape index (κ1) is 32.9. The molecule has 6 aromatic carbocycles. The van der Waals surface area contributed by atoms with Crippen LogP contribution in [0.1, 0.15) is 0 Å². The van der Waals surface area contributed by atoms with E-state index in [1.807, 2.05) is 0 Å². The third-order valence-corrected chi connectivity index (χ3v) is 15.5. The first-order valence-electron chi connectivity index (χ1n) is 13.2. The van der Waals surface area contributed by atoms with Crippen molar-refractivity contribution in [2.45, 2.75) is 0 Å². The van der Waals surface area contributed by atoms with E-state index in [0.29, 0.717) is 0 Å². The Balaban J connectivity index is 0.00000161. The zero-order valence-electron chi connectivity index (χ0n) is 23.4. The third kappa shape index (κ3) is 6.12. The van der Waals surface area contributed by atoms with Gasteiger partial charge in [0.25, 0.3) is 0 Å². The van der Waals surface area contributed by atoms with Crippen molar-refractivity contribution >= 4 is 45.9 Å². The van der Waals surface area contributed by atoms with Gasteiger partial charge in [0, 0.05) is 0 Å². The van der Waals surface area contributed by atoms with Gasteiger partial charge in [0.2, 0.25) is 0 Å². The van der Waals surface area contributed by atoms with Crippen LogP contribution < -0.4 is 67.0 Å². The van der Waals surface area contributed by atoms with E-state index in [1.54, 1.807) is 0 Å². The molecule has 0 bridgehead atoms. The lowest BCUT2D eigenvalue weighted by molar-refractivity contribution is -0.001000. The van der Waals surface area contributed by atoms with Crippen LogP contribution >= 0.6 is 14.1 Å². The normalized spacial score (nSPS) is 10.7. The molecular formula is C36H34Cl2N2P2. The number of benzene rings is 6. The van der Waals surface area contributed by atoms with E-state index in [9.17, 15) is 0 Å². The zero-order chi connectivity index (χ0) is 26.4. The summed E-state index contributed by atoms with van der Waals surface area (Å²) in [6.07, 6.45) is 0. The minimum Gasteiger partial charge on any atom is -1.00 e. The summed E-state index contributed by atoms with van der Waals surface area (Å²) in [5.41, 5.74) is 0. The highest BCUT2D eigenvalue weighted by atomic mass is 35.5. The van der Waals surface area contributed by atoms with E-state index in [2.05, 4.69) is 182 Å². The maximum atomic E-state index is 6.38. The molecule has 0 radical (unpaired) electrons. The average molecular weight is 628 g/mol. The maximum Gasteiger partial charge on any atom is 0.301 e. The van der Waals surface area contributed by atoms with Gasteiger partial charge in [-0.25, -0.2) is 0 Å². The molecule has 0 spiro atoms. The molecule has 0 saturated carbocycles. The lowest BCUT2D eigenvalue weighted by Gasteiger charge is -2.20. The lowest BCUT2D eigenvalue weighted by atomic mass is 10.4. The van der Waals surface area contributed by atoms with Crippen molar-refractivity contribution in [3.63, 3.8) is 0 Å².